The van der Waals surface area contributed by atoms with E-state index >= 15 is 0 Å². The molecule has 0 aromatic carbocycles. The van der Waals surface area contributed by atoms with Crippen LogP contribution >= 0.6 is 0 Å². The molecule has 1 heterocycles. The first kappa shape index (κ1) is 11.8. The van der Waals surface area contributed by atoms with E-state index in [2.05, 4.69) is 30.8 Å². The molecule has 1 aromatic heterocycles. The lowest BCUT2D eigenvalue weighted by Crippen LogP contribution is -2.21. The van der Waals surface area contributed by atoms with Crippen LogP contribution in [0.15, 0.2) is 12.3 Å². The van der Waals surface area contributed by atoms with Crippen LogP contribution in [0.5, 0.6) is 0 Å². The lowest BCUT2D eigenvalue weighted by atomic mass is 10.1. The molecule has 1 rings (SSSR count). The van der Waals surface area contributed by atoms with Crippen LogP contribution in [0.4, 0.5) is 11.5 Å². The van der Waals surface area contributed by atoms with Gasteiger partial charge in [0.15, 0.2) is 0 Å². The minimum Gasteiger partial charge on any atom is -0.398 e. The van der Waals surface area contributed by atoms with Crippen molar-refractivity contribution in [3.05, 3.63) is 17.8 Å². The molecule has 0 saturated carbocycles. The first-order valence-corrected chi connectivity index (χ1v) is 5.44. The maximum atomic E-state index is 5.85. The van der Waals surface area contributed by atoms with Gasteiger partial charge in [-0.2, -0.15) is 0 Å². The lowest BCUT2D eigenvalue weighted by molar-refractivity contribution is 0.583. The summed E-state index contributed by atoms with van der Waals surface area (Å²) in [5.74, 6) is 1.67. The van der Waals surface area contributed by atoms with Gasteiger partial charge >= 0.3 is 0 Å². The molecule has 3 heteroatoms. The number of nitrogens with zero attached hydrogens (tertiary/aromatic N) is 2. The maximum Gasteiger partial charge on any atom is 0.130 e. The van der Waals surface area contributed by atoms with E-state index in [4.69, 9.17) is 5.73 Å². The third-order valence-corrected chi connectivity index (χ3v) is 2.56. The molecule has 0 saturated heterocycles. The monoisotopic (exact) mass is 207 g/mol. The van der Waals surface area contributed by atoms with Gasteiger partial charge in [0.2, 0.25) is 0 Å². The van der Waals surface area contributed by atoms with Crippen LogP contribution in [-0.4, -0.2) is 18.6 Å². The summed E-state index contributed by atoms with van der Waals surface area (Å²) in [4.78, 5) is 6.51. The Kier molecular flexibility index (Phi) is 3.95. The molecule has 0 atom stereocenters. The number of rotatable bonds is 4. The van der Waals surface area contributed by atoms with Crippen molar-refractivity contribution >= 4 is 11.5 Å². The largest absolute Gasteiger partial charge is 0.398 e. The van der Waals surface area contributed by atoms with Crippen LogP contribution in [0.1, 0.15) is 25.8 Å². The van der Waals surface area contributed by atoms with E-state index < -0.39 is 0 Å². The Hall–Kier alpha value is -1.25. The normalized spacial score (nSPS) is 10.7. The van der Waals surface area contributed by atoms with Crippen LogP contribution in [0, 0.1) is 12.8 Å². The molecule has 1 aromatic rings. The second kappa shape index (κ2) is 5.01. The number of anilines is 2. The highest BCUT2D eigenvalue weighted by Gasteiger charge is 2.05. The highest BCUT2D eigenvalue weighted by molar-refractivity contribution is 5.54. The first-order valence-electron chi connectivity index (χ1n) is 5.44. The average molecular weight is 207 g/mol. The van der Waals surface area contributed by atoms with E-state index in [9.17, 15) is 0 Å². The van der Waals surface area contributed by atoms with Crippen molar-refractivity contribution in [1.82, 2.24) is 4.98 Å². The molecule has 0 bridgehead atoms. The molecule has 3 nitrogen and oxygen atoms in total. The first-order chi connectivity index (χ1) is 7.00. The van der Waals surface area contributed by atoms with E-state index in [-0.39, 0.29) is 0 Å². The van der Waals surface area contributed by atoms with Crippen molar-refractivity contribution in [3.8, 4) is 0 Å². The molecule has 0 aliphatic carbocycles. The van der Waals surface area contributed by atoms with E-state index in [0.29, 0.717) is 0 Å². The van der Waals surface area contributed by atoms with Crippen LogP contribution in [0.3, 0.4) is 0 Å². The Balaban J connectivity index is 2.65. The standard InChI is InChI=1S/C12H21N3/c1-9(2)5-6-15(4)12-7-11(13)10(3)8-14-12/h7-9H,5-6H2,1-4H3,(H2,13,14). The number of pyridine rings is 1. The van der Waals surface area contributed by atoms with Gasteiger partial charge in [-0.1, -0.05) is 13.8 Å². The molecule has 0 fully saturated rings. The molecular weight excluding hydrogens is 186 g/mol. The van der Waals surface area contributed by atoms with E-state index in [1.807, 2.05) is 19.2 Å². The summed E-state index contributed by atoms with van der Waals surface area (Å²) in [5, 5.41) is 0. The van der Waals surface area contributed by atoms with E-state index in [1.54, 1.807) is 0 Å². The predicted molar refractivity (Wildman–Crippen MR) is 66.1 cm³/mol. The molecule has 0 radical (unpaired) electrons. The minimum absolute atomic E-state index is 0.718. The zero-order valence-corrected chi connectivity index (χ0v) is 10.1. The highest BCUT2D eigenvalue weighted by Crippen LogP contribution is 2.17. The smallest absolute Gasteiger partial charge is 0.130 e. The number of nitrogen functional groups attached to an aromatic ring is 1. The van der Waals surface area contributed by atoms with Crippen molar-refractivity contribution in [3.63, 3.8) is 0 Å². The fourth-order valence-electron chi connectivity index (χ4n) is 1.30. The quantitative estimate of drug-likeness (QED) is 0.824. The Morgan fingerprint density at radius 3 is 2.67 bits per heavy atom. The van der Waals surface area contributed by atoms with Crippen LogP contribution in [0.25, 0.3) is 0 Å². The summed E-state index contributed by atoms with van der Waals surface area (Å²) in [6, 6.07) is 1.94. The Labute approximate surface area is 92.3 Å². The topological polar surface area (TPSA) is 42.2 Å². The van der Waals surface area contributed by atoms with Gasteiger partial charge in [-0.05, 0) is 24.8 Å². The Morgan fingerprint density at radius 1 is 1.47 bits per heavy atom. The summed E-state index contributed by atoms with van der Waals surface area (Å²) in [7, 11) is 2.06. The molecular formula is C12H21N3. The zero-order chi connectivity index (χ0) is 11.4. The zero-order valence-electron chi connectivity index (χ0n) is 10.1. The van der Waals surface area contributed by atoms with Crippen LogP contribution in [0.2, 0.25) is 0 Å². The molecule has 0 spiro atoms. The highest BCUT2D eigenvalue weighted by atomic mass is 15.2. The van der Waals surface area contributed by atoms with Gasteiger partial charge in [0.25, 0.3) is 0 Å². The molecule has 84 valence electrons. The van der Waals surface area contributed by atoms with Gasteiger partial charge in [-0.3, -0.25) is 0 Å². The van der Waals surface area contributed by atoms with Gasteiger partial charge in [-0.15, -0.1) is 0 Å². The molecule has 2 N–H and O–H groups in total. The Morgan fingerprint density at radius 2 is 2.13 bits per heavy atom. The fourth-order valence-corrected chi connectivity index (χ4v) is 1.30. The second-order valence-corrected chi connectivity index (χ2v) is 4.50. The van der Waals surface area contributed by atoms with Gasteiger partial charge in [-0.25, -0.2) is 4.98 Å². The SMILES string of the molecule is Cc1cnc(N(C)CCC(C)C)cc1N. The van der Waals surface area contributed by atoms with E-state index in [0.717, 1.165) is 29.5 Å². The lowest BCUT2D eigenvalue weighted by Gasteiger charge is -2.19. The van der Waals surface area contributed by atoms with Crippen molar-refractivity contribution < 1.29 is 0 Å². The van der Waals surface area contributed by atoms with Crippen molar-refractivity contribution in [2.75, 3.05) is 24.2 Å². The number of aromatic nitrogens is 1. The third-order valence-electron chi connectivity index (χ3n) is 2.56. The molecule has 0 unspecified atom stereocenters. The average Bonchev–Trinajstić information content (AvgIpc) is 2.18. The number of aryl methyl sites for hydroxylation is 1. The van der Waals surface area contributed by atoms with Gasteiger partial charge in [0, 0.05) is 31.5 Å². The van der Waals surface area contributed by atoms with Crippen molar-refractivity contribution in [2.24, 2.45) is 5.92 Å². The minimum atomic E-state index is 0.718. The number of hydrogen-bond acceptors (Lipinski definition) is 3. The fraction of sp³-hybridized carbons (Fsp3) is 0.583. The molecule has 15 heavy (non-hydrogen) atoms. The summed E-state index contributed by atoms with van der Waals surface area (Å²) in [5.41, 5.74) is 7.70. The predicted octanol–water partition coefficient (Wildman–Crippen LogP) is 2.45. The van der Waals surface area contributed by atoms with Crippen molar-refractivity contribution in [1.29, 1.82) is 0 Å². The maximum absolute atomic E-state index is 5.85. The Bertz CT molecular complexity index is 321. The van der Waals surface area contributed by atoms with Gasteiger partial charge in [0.05, 0.1) is 0 Å². The summed E-state index contributed by atoms with van der Waals surface area (Å²) >= 11 is 0. The van der Waals surface area contributed by atoms with Crippen LogP contribution in [-0.2, 0) is 0 Å². The third kappa shape index (κ3) is 3.42. The van der Waals surface area contributed by atoms with Gasteiger partial charge < -0.3 is 10.6 Å². The summed E-state index contributed by atoms with van der Waals surface area (Å²) < 4.78 is 0. The van der Waals surface area contributed by atoms with Crippen molar-refractivity contribution in [2.45, 2.75) is 27.2 Å². The number of hydrogen-bond donors (Lipinski definition) is 1. The van der Waals surface area contributed by atoms with Gasteiger partial charge in [0.1, 0.15) is 5.82 Å². The summed E-state index contributed by atoms with van der Waals surface area (Å²) in [6.45, 7) is 7.45. The molecule has 0 amide bonds. The van der Waals surface area contributed by atoms with E-state index in [1.165, 1.54) is 6.42 Å². The molecule has 0 aliphatic rings. The number of nitrogens with two attached hydrogens (primary N) is 1. The van der Waals surface area contributed by atoms with Crippen LogP contribution < -0.4 is 10.6 Å². The molecule has 0 aliphatic heterocycles. The second-order valence-electron chi connectivity index (χ2n) is 4.50. The summed E-state index contributed by atoms with van der Waals surface area (Å²) in [6.07, 6.45) is 3.00.